The number of benzene rings is 1. The summed E-state index contributed by atoms with van der Waals surface area (Å²) in [6, 6.07) is 5.53. The molecule has 2 atom stereocenters. The Hall–Kier alpha value is -0.440. The van der Waals surface area contributed by atoms with E-state index in [4.69, 9.17) is 27.9 Å². The molecule has 100 valence electrons. The van der Waals surface area contributed by atoms with Crippen LogP contribution in [0.3, 0.4) is 0 Å². The highest BCUT2D eigenvalue weighted by Gasteiger charge is 2.29. The molecule has 0 bridgehead atoms. The minimum Gasteiger partial charge on any atom is -0.488 e. The monoisotopic (exact) mass is 287 g/mol. The Morgan fingerprint density at radius 1 is 1.33 bits per heavy atom. The van der Waals surface area contributed by atoms with Crippen LogP contribution in [0.25, 0.3) is 0 Å². The van der Waals surface area contributed by atoms with Crippen LogP contribution < -0.4 is 10.1 Å². The highest BCUT2D eigenvalue weighted by Crippen LogP contribution is 2.34. The topological polar surface area (TPSA) is 21.3 Å². The van der Waals surface area contributed by atoms with Gasteiger partial charge in [0.05, 0.1) is 5.02 Å². The molecule has 1 aromatic carbocycles. The number of hydrogen-bond donors (Lipinski definition) is 1. The van der Waals surface area contributed by atoms with Gasteiger partial charge in [0.2, 0.25) is 0 Å². The molecule has 1 saturated heterocycles. The van der Waals surface area contributed by atoms with E-state index >= 15 is 0 Å². The summed E-state index contributed by atoms with van der Waals surface area (Å²) in [6.07, 6.45) is 1.33. The van der Waals surface area contributed by atoms with E-state index in [9.17, 15) is 0 Å². The van der Waals surface area contributed by atoms with E-state index in [-0.39, 0.29) is 6.10 Å². The molecule has 1 heterocycles. The van der Waals surface area contributed by atoms with Gasteiger partial charge in [-0.2, -0.15) is 0 Å². The van der Waals surface area contributed by atoms with E-state index in [1.807, 2.05) is 12.1 Å². The van der Waals surface area contributed by atoms with E-state index in [1.54, 1.807) is 6.07 Å². The molecule has 1 aliphatic heterocycles. The first-order chi connectivity index (χ1) is 8.59. The van der Waals surface area contributed by atoms with Gasteiger partial charge in [0, 0.05) is 12.5 Å². The molecule has 0 aliphatic carbocycles. The fourth-order valence-electron chi connectivity index (χ4n) is 2.46. The van der Waals surface area contributed by atoms with Crippen molar-refractivity contribution in [2.75, 3.05) is 13.1 Å². The standard InChI is InChI=1S/C14H19Cl2NO/c1-9(2)14(10-6-7-17-8-10)18-12-5-3-4-11(15)13(12)16/h3-5,9-10,14,17H,6-8H2,1-2H3/t10-,14+/m0/s1. The number of hydrogen-bond acceptors (Lipinski definition) is 2. The van der Waals surface area contributed by atoms with Crippen LogP contribution in [0.5, 0.6) is 5.75 Å². The molecule has 0 spiro atoms. The smallest absolute Gasteiger partial charge is 0.139 e. The van der Waals surface area contributed by atoms with Crippen molar-refractivity contribution in [2.45, 2.75) is 26.4 Å². The first kappa shape index (κ1) is 14.0. The van der Waals surface area contributed by atoms with Gasteiger partial charge in [0.15, 0.2) is 0 Å². The third kappa shape index (κ3) is 3.11. The minimum absolute atomic E-state index is 0.177. The van der Waals surface area contributed by atoms with Crippen LogP contribution in [0, 0.1) is 11.8 Å². The number of nitrogens with one attached hydrogen (secondary N) is 1. The molecule has 1 fully saturated rings. The highest BCUT2D eigenvalue weighted by molar-refractivity contribution is 6.42. The lowest BCUT2D eigenvalue weighted by Gasteiger charge is -2.28. The molecule has 0 aromatic heterocycles. The Labute approximate surface area is 119 Å². The highest BCUT2D eigenvalue weighted by atomic mass is 35.5. The second-order valence-electron chi connectivity index (χ2n) is 5.13. The molecule has 0 amide bonds. The van der Waals surface area contributed by atoms with Crippen molar-refractivity contribution in [1.29, 1.82) is 0 Å². The maximum Gasteiger partial charge on any atom is 0.139 e. The molecule has 1 aromatic rings. The maximum atomic E-state index is 6.18. The second-order valence-corrected chi connectivity index (χ2v) is 5.92. The molecule has 2 rings (SSSR count). The molecule has 0 saturated carbocycles. The largest absolute Gasteiger partial charge is 0.488 e. The maximum absolute atomic E-state index is 6.18. The predicted molar refractivity (Wildman–Crippen MR) is 76.7 cm³/mol. The fraction of sp³-hybridized carbons (Fsp3) is 0.571. The third-order valence-electron chi connectivity index (χ3n) is 3.40. The lowest BCUT2D eigenvalue weighted by atomic mass is 9.92. The summed E-state index contributed by atoms with van der Waals surface area (Å²) in [7, 11) is 0. The van der Waals surface area contributed by atoms with Crippen molar-refractivity contribution in [1.82, 2.24) is 5.32 Å². The van der Waals surface area contributed by atoms with Crippen molar-refractivity contribution in [3.63, 3.8) is 0 Å². The van der Waals surface area contributed by atoms with Crippen LogP contribution in [-0.4, -0.2) is 19.2 Å². The number of rotatable bonds is 4. The van der Waals surface area contributed by atoms with Crippen molar-refractivity contribution >= 4 is 23.2 Å². The van der Waals surface area contributed by atoms with Crippen molar-refractivity contribution in [3.8, 4) is 5.75 Å². The van der Waals surface area contributed by atoms with Gasteiger partial charge in [-0.1, -0.05) is 43.1 Å². The van der Waals surface area contributed by atoms with Crippen LogP contribution in [0.2, 0.25) is 10.0 Å². The van der Waals surface area contributed by atoms with Gasteiger partial charge in [0.25, 0.3) is 0 Å². The molecule has 1 aliphatic rings. The van der Waals surface area contributed by atoms with Gasteiger partial charge in [-0.25, -0.2) is 0 Å². The zero-order chi connectivity index (χ0) is 13.1. The second kappa shape index (κ2) is 6.14. The average molecular weight is 288 g/mol. The number of ether oxygens (including phenoxy) is 1. The Morgan fingerprint density at radius 3 is 2.72 bits per heavy atom. The van der Waals surface area contributed by atoms with Gasteiger partial charge >= 0.3 is 0 Å². The van der Waals surface area contributed by atoms with Crippen LogP contribution in [-0.2, 0) is 0 Å². The molecule has 0 unspecified atom stereocenters. The molecule has 1 N–H and O–H groups in total. The molecule has 2 nitrogen and oxygen atoms in total. The van der Waals surface area contributed by atoms with Gasteiger partial charge in [-0.05, 0) is 31.0 Å². The van der Waals surface area contributed by atoms with E-state index in [0.29, 0.717) is 27.6 Å². The molecular formula is C14H19Cl2NO. The summed E-state index contributed by atoms with van der Waals surface area (Å²) in [5, 5.41) is 4.43. The van der Waals surface area contributed by atoms with E-state index in [2.05, 4.69) is 19.2 Å². The van der Waals surface area contributed by atoms with E-state index < -0.39 is 0 Å². The Kier molecular flexibility index (Phi) is 4.77. The van der Waals surface area contributed by atoms with Crippen LogP contribution in [0.15, 0.2) is 18.2 Å². The predicted octanol–water partition coefficient (Wildman–Crippen LogP) is 4.01. The normalized spacial score (nSPS) is 21.3. The van der Waals surface area contributed by atoms with E-state index in [0.717, 1.165) is 19.5 Å². The quantitative estimate of drug-likeness (QED) is 0.904. The SMILES string of the molecule is CC(C)[C@@H](Oc1cccc(Cl)c1Cl)[C@H]1CCNC1. The van der Waals surface area contributed by atoms with Crippen LogP contribution in [0.1, 0.15) is 20.3 Å². The summed E-state index contributed by atoms with van der Waals surface area (Å²) in [6.45, 7) is 6.45. The van der Waals surface area contributed by atoms with Gasteiger partial charge < -0.3 is 10.1 Å². The molecule has 4 heteroatoms. The van der Waals surface area contributed by atoms with Gasteiger partial charge in [-0.15, -0.1) is 0 Å². The zero-order valence-corrected chi connectivity index (χ0v) is 12.3. The van der Waals surface area contributed by atoms with Gasteiger partial charge in [-0.3, -0.25) is 0 Å². The first-order valence-electron chi connectivity index (χ1n) is 6.41. The molecule has 0 radical (unpaired) electrons. The summed E-state index contributed by atoms with van der Waals surface area (Å²) in [5.41, 5.74) is 0. The summed E-state index contributed by atoms with van der Waals surface area (Å²) >= 11 is 12.2. The van der Waals surface area contributed by atoms with E-state index in [1.165, 1.54) is 0 Å². The lowest BCUT2D eigenvalue weighted by Crippen LogP contribution is -2.33. The Bertz CT molecular complexity index is 403. The Balaban J connectivity index is 2.15. The summed E-state index contributed by atoms with van der Waals surface area (Å²) in [5.74, 6) is 1.68. The molecular weight excluding hydrogens is 269 g/mol. The summed E-state index contributed by atoms with van der Waals surface area (Å²) < 4.78 is 6.12. The van der Waals surface area contributed by atoms with Crippen molar-refractivity contribution in [2.24, 2.45) is 11.8 Å². The minimum atomic E-state index is 0.177. The van der Waals surface area contributed by atoms with Crippen LogP contribution in [0.4, 0.5) is 0 Å². The van der Waals surface area contributed by atoms with Crippen molar-refractivity contribution in [3.05, 3.63) is 28.2 Å². The molecule has 18 heavy (non-hydrogen) atoms. The Morgan fingerprint density at radius 2 is 2.11 bits per heavy atom. The first-order valence-corrected chi connectivity index (χ1v) is 7.16. The average Bonchev–Trinajstić information content (AvgIpc) is 2.84. The summed E-state index contributed by atoms with van der Waals surface area (Å²) in [4.78, 5) is 0. The van der Waals surface area contributed by atoms with Gasteiger partial charge in [0.1, 0.15) is 16.9 Å². The lowest BCUT2D eigenvalue weighted by molar-refractivity contribution is 0.0975. The third-order valence-corrected chi connectivity index (χ3v) is 4.20. The zero-order valence-electron chi connectivity index (χ0n) is 10.7. The van der Waals surface area contributed by atoms with Crippen molar-refractivity contribution < 1.29 is 4.74 Å². The number of halogens is 2. The van der Waals surface area contributed by atoms with Crippen LogP contribution >= 0.6 is 23.2 Å². The fourth-order valence-corrected chi connectivity index (χ4v) is 2.79.